The molecule has 0 fully saturated rings. The number of rotatable bonds is 24. The number of ether oxygens (including phenoxy) is 6. The maximum Gasteiger partial charge on any atom is 0.193 e. The summed E-state index contributed by atoms with van der Waals surface area (Å²) < 4.78 is 55.8. The largest absolute Gasteiger partial charge is 0.383 e. The summed E-state index contributed by atoms with van der Waals surface area (Å²) in [6.07, 6.45) is 0. The van der Waals surface area contributed by atoms with Crippen molar-refractivity contribution >= 4 is 22.9 Å². The Morgan fingerprint density at radius 3 is 0.912 bits per heavy atom. The number of hydrogen-bond acceptors (Lipinski definition) is 11. The number of benzene rings is 4. The molecule has 11 nitrogen and oxygen atoms in total. The lowest BCUT2D eigenvalue weighted by molar-refractivity contribution is 0.103. The van der Waals surface area contributed by atoms with Crippen molar-refractivity contribution in [1.82, 2.24) is 5.32 Å². The smallest absolute Gasteiger partial charge is 0.193 e. The number of carbonyl (C=O) groups is 2. The molecule has 0 aliphatic rings. The Balaban J connectivity index is 0.000000368. The summed E-state index contributed by atoms with van der Waals surface area (Å²) in [5, 5.41) is 3.14. The van der Waals surface area contributed by atoms with Crippen LogP contribution in [-0.4, -0.2) is 133 Å². The molecule has 0 aliphatic heterocycles. The first-order valence-corrected chi connectivity index (χ1v) is 18.7. The van der Waals surface area contributed by atoms with Gasteiger partial charge in [0.2, 0.25) is 0 Å². The van der Waals surface area contributed by atoms with Crippen molar-refractivity contribution in [3.63, 3.8) is 0 Å². The zero-order chi connectivity index (χ0) is 41.7. The Morgan fingerprint density at radius 1 is 0.421 bits per heavy atom. The summed E-state index contributed by atoms with van der Waals surface area (Å²) in [4.78, 5) is 29.2. The summed E-state index contributed by atoms with van der Waals surface area (Å²) in [5.41, 5.74) is 4.17. The van der Waals surface area contributed by atoms with Crippen LogP contribution in [-0.2, 0) is 28.4 Å². The number of methoxy groups -OCH3 is 6. The van der Waals surface area contributed by atoms with E-state index in [1.54, 1.807) is 42.7 Å². The van der Waals surface area contributed by atoms with E-state index < -0.39 is 11.6 Å². The molecule has 0 atom stereocenters. The van der Waals surface area contributed by atoms with Gasteiger partial charge >= 0.3 is 0 Å². The Labute approximate surface area is 336 Å². The van der Waals surface area contributed by atoms with E-state index >= 15 is 0 Å². The first-order valence-electron chi connectivity index (χ1n) is 18.7. The average molecular weight is 796 g/mol. The quantitative estimate of drug-likeness (QED) is 0.0650. The number of anilines is 2. The van der Waals surface area contributed by atoms with E-state index in [9.17, 15) is 18.4 Å². The van der Waals surface area contributed by atoms with E-state index in [4.69, 9.17) is 28.4 Å². The van der Waals surface area contributed by atoms with Crippen LogP contribution >= 0.6 is 0 Å². The topological polar surface area (TPSA) is 108 Å². The first kappa shape index (κ1) is 48.5. The highest BCUT2D eigenvalue weighted by molar-refractivity contribution is 6.09. The van der Waals surface area contributed by atoms with Crippen molar-refractivity contribution in [1.29, 1.82) is 0 Å². The fraction of sp³-hybridized carbons (Fsp3) is 0.409. The number of nitrogens with zero attached hydrogens (tertiary/aromatic N) is 2. The van der Waals surface area contributed by atoms with Crippen LogP contribution in [0.3, 0.4) is 0 Å². The molecule has 4 aromatic carbocycles. The minimum Gasteiger partial charge on any atom is -0.383 e. The van der Waals surface area contributed by atoms with Gasteiger partial charge in [0.15, 0.2) is 11.6 Å². The lowest BCUT2D eigenvalue weighted by Gasteiger charge is -2.24. The van der Waals surface area contributed by atoms with Crippen molar-refractivity contribution in [3.8, 4) is 0 Å². The zero-order valence-corrected chi connectivity index (χ0v) is 34.1. The van der Waals surface area contributed by atoms with Crippen molar-refractivity contribution in [3.05, 3.63) is 131 Å². The Bertz CT molecular complexity index is 1510. The van der Waals surface area contributed by atoms with E-state index in [0.29, 0.717) is 48.7 Å². The van der Waals surface area contributed by atoms with Crippen LogP contribution in [0.1, 0.15) is 31.8 Å². The van der Waals surface area contributed by atoms with Crippen LogP contribution in [0.4, 0.5) is 20.2 Å². The second kappa shape index (κ2) is 29.6. The second-order valence-corrected chi connectivity index (χ2v) is 12.4. The van der Waals surface area contributed by atoms with Gasteiger partial charge in [-0.05, 0) is 97.1 Å². The monoisotopic (exact) mass is 795 g/mol. The predicted octanol–water partition coefficient (Wildman–Crippen LogP) is 6.18. The van der Waals surface area contributed by atoms with Gasteiger partial charge in [0.05, 0.1) is 39.6 Å². The molecule has 0 spiro atoms. The van der Waals surface area contributed by atoms with Crippen molar-refractivity contribution in [2.45, 2.75) is 0 Å². The highest BCUT2D eigenvalue weighted by Gasteiger charge is 2.13. The normalized spacial score (nSPS) is 10.5. The molecule has 0 heterocycles. The molecule has 0 amide bonds. The van der Waals surface area contributed by atoms with E-state index in [2.05, 4.69) is 15.1 Å². The minimum absolute atomic E-state index is 0.00349. The van der Waals surface area contributed by atoms with Gasteiger partial charge in [-0.1, -0.05) is 0 Å². The molecule has 0 saturated heterocycles. The van der Waals surface area contributed by atoms with Gasteiger partial charge < -0.3 is 43.5 Å². The highest BCUT2D eigenvalue weighted by Crippen LogP contribution is 2.20. The van der Waals surface area contributed by atoms with Gasteiger partial charge in [0, 0.05) is 116 Å². The number of halogens is 2. The molecule has 0 aromatic heterocycles. The lowest BCUT2D eigenvalue weighted by atomic mass is 10.0. The first-order chi connectivity index (χ1) is 27.7. The molecule has 0 saturated carbocycles. The van der Waals surface area contributed by atoms with Gasteiger partial charge in [-0.2, -0.15) is 0 Å². The number of nitrogens with one attached hydrogen (secondary N) is 1. The van der Waals surface area contributed by atoms with E-state index in [1.165, 1.54) is 48.5 Å². The van der Waals surface area contributed by atoms with Crippen LogP contribution in [0.2, 0.25) is 0 Å². The van der Waals surface area contributed by atoms with E-state index in [-0.39, 0.29) is 11.6 Å². The maximum absolute atomic E-state index is 13.0. The van der Waals surface area contributed by atoms with Crippen LogP contribution in [0, 0.1) is 11.6 Å². The summed E-state index contributed by atoms with van der Waals surface area (Å²) in [6.45, 7) is 8.90. The van der Waals surface area contributed by atoms with E-state index in [1.807, 2.05) is 48.5 Å². The molecule has 0 aliphatic carbocycles. The summed E-state index contributed by atoms with van der Waals surface area (Å²) in [5.74, 6) is -1.03. The number of ketones is 2. The molecule has 0 radical (unpaired) electrons. The molecule has 57 heavy (non-hydrogen) atoms. The van der Waals surface area contributed by atoms with Crippen LogP contribution < -0.4 is 15.1 Å². The molecular formula is C44H59F2N3O8. The number of carbonyl (C=O) groups excluding carboxylic acids is 2. The SMILES string of the molecule is COCCN(CCOC)c1ccc(C(=O)c2ccc(N(CCOC)CCOC)cc2)cc1.COCCNCCOC.O=C(c1ccc(F)cc1)c1ccc(F)cc1. The third-order valence-electron chi connectivity index (χ3n) is 8.43. The van der Waals surface area contributed by atoms with E-state index in [0.717, 1.165) is 63.9 Å². The van der Waals surface area contributed by atoms with Crippen LogP contribution in [0.5, 0.6) is 0 Å². The van der Waals surface area contributed by atoms with Gasteiger partial charge in [0.1, 0.15) is 11.6 Å². The summed E-state index contributed by atoms with van der Waals surface area (Å²) in [6, 6.07) is 25.9. The summed E-state index contributed by atoms with van der Waals surface area (Å²) >= 11 is 0. The predicted molar refractivity (Wildman–Crippen MR) is 221 cm³/mol. The average Bonchev–Trinajstić information content (AvgIpc) is 3.24. The maximum atomic E-state index is 13.0. The van der Waals surface area contributed by atoms with Gasteiger partial charge in [-0.3, -0.25) is 9.59 Å². The summed E-state index contributed by atoms with van der Waals surface area (Å²) in [7, 11) is 10.1. The van der Waals surface area contributed by atoms with Crippen molar-refractivity contribution in [2.75, 3.05) is 131 Å². The molecule has 13 heteroatoms. The molecule has 0 bridgehead atoms. The molecule has 4 aromatic rings. The molecular weight excluding hydrogens is 736 g/mol. The third-order valence-corrected chi connectivity index (χ3v) is 8.43. The Kier molecular flexibility index (Phi) is 25.2. The molecule has 0 unspecified atom stereocenters. The van der Waals surface area contributed by atoms with Crippen LogP contribution in [0.25, 0.3) is 0 Å². The number of hydrogen-bond donors (Lipinski definition) is 1. The second-order valence-electron chi connectivity index (χ2n) is 12.4. The van der Waals surface area contributed by atoms with Crippen LogP contribution in [0.15, 0.2) is 97.1 Å². The standard InChI is InChI=1S/C25H36N2O5.C13H8F2O.C6H15NO2/c1-29-17-13-26(14-18-30-2)23-9-5-21(6-10-23)25(28)22-7-11-24(12-8-22)27(15-19-31-3)16-20-32-4;14-11-5-1-9(2-6-11)13(16)10-3-7-12(15)8-4-10;1-8-5-3-7-4-6-9-2/h5-12H,13-20H2,1-4H3;1-8H;7H,3-6H2,1-2H3. The Hall–Kier alpha value is -4.60. The van der Waals surface area contributed by atoms with Gasteiger partial charge in [-0.15, -0.1) is 0 Å². The highest BCUT2D eigenvalue weighted by atomic mass is 19.1. The fourth-order valence-electron chi connectivity index (χ4n) is 5.20. The Morgan fingerprint density at radius 2 is 0.667 bits per heavy atom. The van der Waals surface area contributed by atoms with Crippen molar-refractivity contribution < 1.29 is 46.8 Å². The lowest BCUT2D eigenvalue weighted by Crippen LogP contribution is -2.30. The molecule has 4 rings (SSSR count). The fourth-order valence-corrected chi connectivity index (χ4v) is 5.20. The zero-order valence-electron chi connectivity index (χ0n) is 34.1. The third kappa shape index (κ3) is 18.9. The molecule has 1 N–H and O–H groups in total. The van der Waals surface area contributed by atoms with Gasteiger partial charge in [-0.25, -0.2) is 8.78 Å². The van der Waals surface area contributed by atoms with Crippen molar-refractivity contribution in [2.24, 2.45) is 0 Å². The molecule has 312 valence electrons. The van der Waals surface area contributed by atoms with Gasteiger partial charge in [0.25, 0.3) is 0 Å². The minimum atomic E-state index is -0.393.